The van der Waals surface area contributed by atoms with Crippen LogP contribution in [-0.2, 0) is 0 Å². The molecular formula is C7H9N3O4. The van der Waals surface area contributed by atoms with Crippen LogP contribution in [0.3, 0.4) is 0 Å². The summed E-state index contributed by atoms with van der Waals surface area (Å²) in [6.45, 7) is 3.31. The van der Waals surface area contributed by atoms with Crippen molar-refractivity contribution < 1.29 is 14.8 Å². The number of imidazole rings is 1. The molecule has 0 aliphatic carbocycles. The highest BCUT2D eigenvalue weighted by molar-refractivity contribution is 5.85. The zero-order valence-corrected chi connectivity index (χ0v) is 7.67. The molecule has 14 heavy (non-hydrogen) atoms. The number of hydrogen-bond acceptors (Lipinski definition) is 4. The Morgan fingerprint density at radius 2 is 2.29 bits per heavy atom. The quantitative estimate of drug-likeness (QED) is 0.579. The van der Waals surface area contributed by atoms with E-state index in [1.165, 1.54) is 0 Å². The molecule has 0 fully saturated rings. The second-order valence-electron chi connectivity index (χ2n) is 2.97. The molecule has 1 heterocycles. The Kier molecular flexibility index (Phi) is 2.50. The maximum atomic E-state index is 10.7. The lowest BCUT2D eigenvalue weighted by Gasteiger charge is -2.06. The highest BCUT2D eigenvalue weighted by atomic mass is 16.6. The second-order valence-corrected chi connectivity index (χ2v) is 2.97. The first-order valence-corrected chi connectivity index (χ1v) is 3.90. The maximum Gasteiger partial charge on any atom is 0.435 e. The van der Waals surface area contributed by atoms with Gasteiger partial charge in [0.2, 0.25) is 5.69 Å². The lowest BCUT2D eigenvalue weighted by atomic mass is 10.3. The van der Waals surface area contributed by atoms with Crippen molar-refractivity contribution in [1.29, 1.82) is 0 Å². The van der Waals surface area contributed by atoms with Crippen molar-refractivity contribution in [3.05, 3.63) is 22.0 Å². The highest BCUT2D eigenvalue weighted by Gasteiger charge is 2.26. The summed E-state index contributed by atoms with van der Waals surface area (Å²) < 4.78 is 1.07. The Morgan fingerprint density at radius 1 is 1.71 bits per heavy atom. The number of carboxylic acid groups (broad SMARTS) is 1. The van der Waals surface area contributed by atoms with Gasteiger partial charge in [0.15, 0.2) is 6.20 Å². The van der Waals surface area contributed by atoms with Gasteiger partial charge in [0, 0.05) is 0 Å². The van der Waals surface area contributed by atoms with Crippen LogP contribution in [0, 0.1) is 10.1 Å². The number of carbonyl (C=O) groups is 1. The van der Waals surface area contributed by atoms with Gasteiger partial charge < -0.3 is 15.2 Å². The second kappa shape index (κ2) is 3.44. The summed E-state index contributed by atoms with van der Waals surface area (Å²) in [5, 5.41) is 19.2. The standard InChI is InChI=1S/C7H9N3O4/c1-4(2)9-5(6(11)12)3-8-7(9)10(13)14/h3-4H,1-2H3,(H,11,12). The SMILES string of the molecule is CC(C)n1c(C(=O)O)cnc1[N+](=O)[O-]. The summed E-state index contributed by atoms with van der Waals surface area (Å²) in [4.78, 5) is 23.9. The van der Waals surface area contributed by atoms with Crippen LogP contribution < -0.4 is 0 Å². The number of hydrogen-bond donors (Lipinski definition) is 1. The molecular weight excluding hydrogens is 190 g/mol. The molecule has 0 amide bonds. The topological polar surface area (TPSA) is 98.3 Å². The van der Waals surface area contributed by atoms with Crippen LogP contribution in [0.4, 0.5) is 5.95 Å². The zero-order valence-electron chi connectivity index (χ0n) is 7.67. The van der Waals surface area contributed by atoms with E-state index < -0.39 is 16.8 Å². The first-order valence-electron chi connectivity index (χ1n) is 3.90. The average Bonchev–Trinajstić information content (AvgIpc) is 2.46. The average molecular weight is 199 g/mol. The van der Waals surface area contributed by atoms with E-state index in [2.05, 4.69) is 4.98 Å². The fraction of sp³-hybridized carbons (Fsp3) is 0.429. The fourth-order valence-electron chi connectivity index (χ4n) is 1.15. The molecule has 7 heteroatoms. The largest absolute Gasteiger partial charge is 0.475 e. The Morgan fingerprint density at radius 3 is 2.64 bits per heavy atom. The van der Waals surface area contributed by atoms with Gasteiger partial charge in [-0.1, -0.05) is 4.98 Å². The van der Waals surface area contributed by atoms with E-state index in [1.54, 1.807) is 13.8 Å². The first-order chi connectivity index (χ1) is 6.45. The monoisotopic (exact) mass is 199 g/mol. The lowest BCUT2D eigenvalue weighted by Crippen LogP contribution is -2.12. The molecule has 0 aliphatic heterocycles. The zero-order chi connectivity index (χ0) is 10.9. The summed E-state index contributed by atoms with van der Waals surface area (Å²) in [7, 11) is 0. The van der Waals surface area contributed by atoms with Crippen LogP contribution in [0.2, 0.25) is 0 Å². The van der Waals surface area contributed by atoms with Crippen LogP contribution in [0.1, 0.15) is 30.4 Å². The molecule has 0 saturated heterocycles. The maximum absolute atomic E-state index is 10.7. The normalized spacial score (nSPS) is 10.5. The number of nitro groups is 1. The Bertz CT molecular complexity index is 351. The molecule has 0 aromatic carbocycles. The minimum Gasteiger partial charge on any atom is -0.475 e. The molecule has 0 aliphatic rings. The van der Waals surface area contributed by atoms with E-state index in [1.807, 2.05) is 0 Å². The summed E-state index contributed by atoms with van der Waals surface area (Å²) in [5.74, 6) is -1.67. The van der Waals surface area contributed by atoms with E-state index in [9.17, 15) is 14.9 Å². The van der Waals surface area contributed by atoms with Gasteiger partial charge in [-0.3, -0.25) is 0 Å². The molecule has 0 saturated carbocycles. The van der Waals surface area contributed by atoms with Gasteiger partial charge in [-0.2, -0.15) is 0 Å². The van der Waals surface area contributed by atoms with E-state index in [0.717, 1.165) is 10.8 Å². The third kappa shape index (κ3) is 1.56. The molecule has 0 bridgehead atoms. The van der Waals surface area contributed by atoms with Crippen molar-refractivity contribution in [2.75, 3.05) is 0 Å². The molecule has 0 radical (unpaired) electrons. The predicted octanol–water partition coefficient (Wildman–Crippen LogP) is 1.07. The number of aromatic nitrogens is 2. The van der Waals surface area contributed by atoms with Gasteiger partial charge in [0.25, 0.3) is 0 Å². The van der Waals surface area contributed by atoms with E-state index in [4.69, 9.17) is 5.11 Å². The number of rotatable bonds is 3. The van der Waals surface area contributed by atoms with E-state index >= 15 is 0 Å². The third-order valence-electron chi connectivity index (χ3n) is 1.68. The van der Waals surface area contributed by atoms with Gasteiger partial charge >= 0.3 is 11.9 Å². The van der Waals surface area contributed by atoms with E-state index in [0.29, 0.717) is 0 Å². The Balaban J connectivity index is 3.35. The molecule has 1 N–H and O–H groups in total. The first kappa shape index (κ1) is 10.2. The molecule has 1 aromatic rings. The molecule has 7 nitrogen and oxygen atoms in total. The summed E-state index contributed by atoms with van der Waals surface area (Å²) in [5.41, 5.74) is -0.174. The highest BCUT2D eigenvalue weighted by Crippen LogP contribution is 2.19. The summed E-state index contributed by atoms with van der Waals surface area (Å²) in [6, 6.07) is -0.316. The molecule has 0 unspecified atom stereocenters. The number of nitrogens with zero attached hydrogens (tertiary/aromatic N) is 3. The number of aromatic carboxylic acids is 1. The van der Waals surface area contributed by atoms with Crippen molar-refractivity contribution in [3.8, 4) is 0 Å². The lowest BCUT2D eigenvalue weighted by molar-refractivity contribution is -0.397. The van der Waals surface area contributed by atoms with Gasteiger partial charge in [0.05, 0.1) is 6.04 Å². The van der Waals surface area contributed by atoms with Gasteiger partial charge in [0.1, 0.15) is 0 Å². The van der Waals surface area contributed by atoms with Crippen molar-refractivity contribution in [2.24, 2.45) is 0 Å². The van der Waals surface area contributed by atoms with Gasteiger partial charge in [-0.25, -0.2) is 9.36 Å². The van der Waals surface area contributed by atoms with Gasteiger partial charge in [-0.05, 0) is 18.8 Å². The summed E-state index contributed by atoms with van der Waals surface area (Å²) >= 11 is 0. The minimum absolute atomic E-state index is 0.174. The van der Waals surface area contributed by atoms with Crippen LogP contribution in [0.25, 0.3) is 0 Å². The molecule has 0 spiro atoms. The third-order valence-corrected chi connectivity index (χ3v) is 1.68. The molecule has 0 atom stereocenters. The van der Waals surface area contributed by atoms with Crippen LogP contribution in [-0.4, -0.2) is 25.6 Å². The fourth-order valence-corrected chi connectivity index (χ4v) is 1.15. The number of carboxylic acids is 1. The van der Waals surface area contributed by atoms with Crippen LogP contribution >= 0.6 is 0 Å². The smallest absolute Gasteiger partial charge is 0.435 e. The van der Waals surface area contributed by atoms with E-state index in [-0.39, 0.29) is 11.7 Å². The van der Waals surface area contributed by atoms with Crippen molar-refractivity contribution in [1.82, 2.24) is 9.55 Å². The minimum atomic E-state index is -1.22. The van der Waals surface area contributed by atoms with Crippen LogP contribution in [0.5, 0.6) is 0 Å². The van der Waals surface area contributed by atoms with Crippen LogP contribution in [0.15, 0.2) is 6.20 Å². The summed E-state index contributed by atoms with van der Waals surface area (Å²) in [6.07, 6.45) is 0.987. The Hall–Kier alpha value is -1.92. The van der Waals surface area contributed by atoms with Crippen molar-refractivity contribution >= 4 is 11.9 Å². The Labute approximate surface area is 79.1 Å². The van der Waals surface area contributed by atoms with Crippen molar-refractivity contribution in [3.63, 3.8) is 0 Å². The predicted molar refractivity (Wildman–Crippen MR) is 46.2 cm³/mol. The molecule has 76 valence electrons. The molecule has 1 rings (SSSR count). The van der Waals surface area contributed by atoms with Gasteiger partial charge in [-0.15, -0.1) is 0 Å². The molecule has 1 aromatic heterocycles. The van der Waals surface area contributed by atoms with Crippen molar-refractivity contribution in [2.45, 2.75) is 19.9 Å².